The molecule has 1 aliphatic heterocycles. The third-order valence-electron chi connectivity index (χ3n) is 5.07. The Balaban J connectivity index is 1.78. The number of hydrogen-bond acceptors (Lipinski definition) is 3. The van der Waals surface area contributed by atoms with E-state index in [1.165, 1.54) is 12.1 Å². The molecule has 1 fully saturated rings. The van der Waals surface area contributed by atoms with Crippen LogP contribution in [0.5, 0.6) is 0 Å². The first-order valence-electron chi connectivity index (χ1n) is 9.52. The third-order valence-corrected chi connectivity index (χ3v) is 5.07. The summed E-state index contributed by atoms with van der Waals surface area (Å²) in [4.78, 5) is 15.1. The average Bonchev–Trinajstić information content (AvgIpc) is 3.21. The smallest absolute Gasteiger partial charge is 0.269 e. The number of halogens is 1. The van der Waals surface area contributed by atoms with Gasteiger partial charge < -0.3 is 10.2 Å². The molecule has 1 aliphatic rings. The number of nitrogens with zero attached hydrogens (tertiary/aromatic N) is 3. The number of benzene rings is 1. The van der Waals surface area contributed by atoms with Gasteiger partial charge in [0.1, 0.15) is 11.5 Å². The van der Waals surface area contributed by atoms with Gasteiger partial charge in [0, 0.05) is 18.5 Å². The van der Waals surface area contributed by atoms with Crippen molar-refractivity contribution in [3.05, 3.63) is 53.1 Å². The Labute approximate surface area is 160 Å². The fourth-order valence-electron chi connectivity index (χ4n) is 3.37. The minimum Gasteiger partial charge on any atom is -0.350 e. The lowest BCUT2D eigenvalue weighted by molar-refractivity contribution is 0.0937. The molecule has 0 saturated carbocycles. The summed E-state index contributed by atoms with van der Waals surface area (Å²) >= 11 is 0. The highest BCUT2D eigenvalue weighted by atomic mass is 19.1. The molecule has 0 bridgehead atoms. The average molecular weight is 372 g/mol. The van der Waals surface area contributed by atoms with E-state index >= 15 is 0 Å². The number of amides is 1. The van der Waals surface area contributed by atoms with E-state index < -0.39 is 0 Å². The number of carbonyl (C=O) groups is 1. The highest BCUT2D eigenvalue weighted by molar-refractivity contribution is 5.92. The molecule has 0 radical (unpaired) electrons. The fourth-order valence-corrected chi connectivity index (χ4v) is 3.37. The van der Waals surface area contributed by atoms with E-state index in [2.05, 4.69) is 43.1 Å². The Morgan fingerprint density at radius 1 is 1.30 bits per heavy atom. The zero-order chi connectivity index (χ0) is 19.6. The van der Waals surface area contributed by atoms with Crippen LogP contribution in [-0.2, 0) is 12.0 Å². The van der Waals surface area contributed by atoms with Crippen LogP contribution in [0.2, 0.25) is 0 Å². The summed E-state index contributed by atoms with van der Waals surface area (Å²) in [5.74, 6) is 0.123. The largest absolute Gasteiger partial charge is 0.350 e. The van der Waals surface area contributed by atoms with Crippen molar-refractivity contribution in [2.24, 2.45) is 5.92 Å². The number of nitrogens with one attached hydrogen (secondary N) is 1. The third kappa shape index (κ3) is 4.95. The van der Waals surface area contributed by atoms with Gasteiger partial charge in [0.15, 0.2) is 0 Å². The van der Waals surface area contributed by atoms with Crippen molar-refractivity contribution in [1.82, 2.24) is 20.0 Å². The second-order valence-corrected chi connectivity index (χ2v) is 8.58. The summed E-state index contributed by atoms with van der Waals surface area (Å²) in [5.41, 5.74) is 2.18. The van der Waals surface area contributed by atoms with Crippen molar-refractivity contribution in [1.29, 1.82) is 0 Å². The Morgan fingerprint density at radius 3 is 2.59 bits per heavy atom. The standard InChI is InChI=1S/C21H29FN4O/c1-21(2,3)19-11-18(20(27)23-12-16-9-10-25(4)13-16)26(24-19)14-15-5-7-17(22)8-6-15/h5-8,11,16H,9-10,12-14H2,1-4H3,(H,23,27). The van der Waals surface area contributed by atoms with Gasteiger partial charge in [0.05, 0.1) is 12.2 Å². The molecular weight excluding hydrogens is 343 g/mol. The van der Waals surface area contributed by atoms with Crippen LogP contribution in [0.25, 0.3) is 0 Å². The molecule has 0 spiro atoms. The summed E-state index contributed by atoms with van der Waals surface area (Å²) in [6, 6.07) is 8.19. The summed E-state index contributed by atoms with van der Waals surface area (Å²) < 4.78 is 14.9. The number of hydrogen-bond donors (Lipinski definition) is 1. The van der Waals surface area contributed by atoms with Crippen molar-refractivity contribution in [2.45, 2.75) is 39.2 Å². The van der Waals surface area contributed by atoms with Gasteiger partial charge in [-0.2, -0.15) is 5.10 Å². The number of carbonyl (C=O) groups excluding carboxylic acids is 1. The van der Waals surface area contributed by atoms with E-state index in [4.69, 9.17) is 0 Å². The van der Waals surface area contributed by atoms with E-state index in [1.54, 1.807) is 16.8 Å². The predicted molar refractivity (Wildman–Crippen MR) is 104 cm³/mol. The molecule has 1 saturated heterocycles. The number of likely N-dealkylation sites (tertiary alicyclic amines) is 1. The van der Waals surface area contributed by atoms with Crippen molar-refractivity contribution in [3.8, 4) is 0 Å². The van der Waals surface area contributed by atoms with Crippen LogP contribution >= 0.6 is 0 Å². The first kappa shape index (κ1) is 19.5. The van der Waals surface area contributed by atoms with E-state index in [0.717, 1.165) is 30.8 Å². The summed E-state index contributed by atoms with van der Waals surface area (Å²) in [6.07, 6.45) is 1.11. The lowest BCUT2D eigenvalue weighted by Gasteiger charge is -2.14. The molecule has 2 aromatic rings. The quantitative estimate of drug-likeness (QED) is 0.878. The summed E-state index contributed by atoms with van der Waals surface area (Å²) in [6.45, 7) is 9.44. The van der Waals surface area contributed by atoms with Gasteiger partial charge in [-0.1, -0.05) is 32.9 Å². The molecule has 5 nitrogen and oxygen atoms in total. The summed E-state index contributed by atoms with van der Waals surface area (Å²) in [7, 11) is 2.11. The molecule has 27 heavy (non-hydrogen) atoms. The second-order valence-electron chi connectivity index (χ2n) is 8.58. The molecule has 1 aromatic heterocycles. The molecule has 3 rings (SSSR count). The zero-order valence-electron chi connectivity index (χ0n) is 16.6. The Bertz CT molecular complexity index is 792. The lowest BCUT2D eigenvalue weighted by atomic mass is 9.92. The van der Waals surface area contributed by atoms with Crippen LogP contribution in [0, 0.1) is 11.7 Å². The van der Waals surface area contributed by atoms with Gasteiger partial charge in [-0.3, -0.25) is 9.48 Å². The molecule has 146 valence electrons. The van der Waals surface area contributed by atoms with Crippen molar-refractivity contribution >= 4 is 5.91 Å². The Hall–Kier alpha value is -2.21. The van der Waals surface area contributed by atoms with Crippen LogP contribution in [-0.4, -0.2) is 47.3 Å². The van der Waals surface area contributed by atoms with Gasteiger partial charge in [0.2, 0.25) is 0 Å². The van der Waals surface area contributed by atoms with E-state index in [0.29, 0.717) is 24.7 Å². The van der Waals surface area contributed by atoms with Gasteiger partial charge in [-0.05, 0) is 49.7 Å². The van der Waals surface area contributed by atoms with Gasteiger partial charge in [-0.25, -0.2) is 4.39 Å². The van der Waals surface area contributed by atoms with E-state index in [-0.39, 0.29) is 17.1 Å². The van der Waals surface area contributed by atoms with Crippen LogP contribution in [0.3, 0.4) is 0 Å². The molecule has 1 unspecified atom stereocenters. The molecular formula is C21H29FN4O. The highest BCUT2D eigenvalue weighted by Gasteiger charge is 2.24. The van der Waals surface area contributed by atoms with Crippen molar-refractivity contribution in [2.75, 3.05) is 26.7 Å². The Kier molecular flexibility index (Phi) is 5.65. The van der Waals surface area contributed by atoms with Gasteiger partial charge in [0.25, 0.3) is 5.91 Å². The Morgan fingerprint density at radius 2 is 2.00 bits per heavy atom. The van der Waals surface area contributed by atoms with Crippen molar-refractivity contribution in [3.63, 3.8) is 0 Å². The molecule has 1 aromatic carbocycles. The van der Waals surface area contributed by atoms with Crippen LogP contribution in [0.4, 0.5) is 4.39 Å². The minimum absolute atomic E-state index is 0.102. The molecule has 1 atom stereocenters. The predicted octanol–water partition coefficient (Wildman–Crippen LogP) is 3.05. The maximum Gasteiger partial charge on any atom is 0.269 e. The second kappa shape index (κ2) is 7.80. The maximum atomic E-state index is 13.2. The van der Waals surface area contributed by atoms with E-state index in [9.17, 15) is 9.18 Å². The molecule has 6 heteroatoms. The molecule has 1 N–H and O–H groups in total. The first-order chi connectivity index (χ1) is 12.7. The zero-order valence-corrected chi connectivity index (χ0v) is 16.6. The molecule has 2 heterocycles. The van der Waals surface area contributed by atoms with Crippen LogP contribution < -0.4 is 5.32 Å². The topological polar surface area (TPSA) is 50.2 Å². The maximum absolute atomic E-state index is 13.2. The van der Waals surface area contributed by atoms with Crippen LogP contribution in [0.15, 0.2) is 30.3 Å². The first-order valence-corrected chi connectivity index (χ1v) is 9.52. The SMILES string of the molecule is CN1CCC(CNC(=O)c2cc(C(C)(C)C)nn2Cc2ccc(F)cc2)C1. The summed E-state index contributed by atoms with van der Waals surface area (Å²) in [5, 5.41) is 7.74. The minimum atomic E-state index is -0.269. The van der Waals surface area contributed by atoms with Gasteiger partial charge >= 0.3 is 0 Å². The molecule has 0 aliphatic carbocycles. The number of rotatable bonds is 5. The van der Waals surface area contributed by atoms with Crippen molar-refractivity contribution < 1.29 is 9.18 Å². The van der Waals surface area contributed by atoms with Gasteiger partial charge in [-0.15, -0.1) is 0 Å². The number of aromatic nitrogens is 2. The fraction of sp³-hybridized carbons (Fsp3) is 0.524. The lowest BCUT2D eigenvalue weighted by Crippen LogP contribution is -2.32. The highest BCUT2D eigenvalue weighted by Crippen LogP contribution is 2.22. The normalized spacial score (nSPS) is 18.0. The monoisotopic (exact) mass is 372 g/mol. The molecule has 1 amide bonds. The van der Waals surface area contributed by atoms with E-state index in [1.807, 2.05) is 6.07 Å². The van der Waals surface area contributed by atoms with Crippen LogP contribution in [0.1, 0.15) is 48.9 Å².